The van der Waals surface area contributed by atoms with Crippen LogP contribution in [-0.2, 0) is 0 Å². The quantitative estimate of drug-likeness (QED) is 0.742. The summed E-state index contributed by atoms with van der Waals surface area (Å²) in [4.78, 5) is 6.48. The van der Waals surface area contributed by atoms with Gasteiger partial charge in [0.05, 0.1) is 5.69 Å². The first-order valence-electron chi connectivity index (χ1n) is 6.27. The van der Waals surface area contributed by atoms with E-state index < -0.39 is 0 Å². The Morgan fingerprint density at radius 1 is 1.25 bits per heavy atom. The largest absolute Gasteiger partial charge is 0.346 e. The number of rotatable bonds is 3. The molecule has 3 aromatic rings. The van der Waals surface area contributed by atoms with Crippen molar-refractivity contribution in [1.82, 2.24) is 19.1 Å². The van der Waals surface area contributed by atoms with Gasteiger partial charge in [-0.15, -0.1) is 0 Å². The summed E-state index contributed by atoms with van der Waals surface area (Å²) in [7, 11) is 3.88. The molecule has 0 saturated carbocycles. The highest BCUT2D eigenvalue weighted by atomic mass is 32.1. The van der Waals surface area contributed by atoms with Crippen molar-refractivity contribution in [3.8, 4) is 16.3 Å². The normalized spacial score (nSPS) is 10.8. The lowest BCUT2D eigenvalue weighted by Gasteiger charge is -2.08. The van der Waals surface area contributed by atoms with Gasteiger partial charge in [-0.1, -0.05) is 6.07 Å². The van der Waals surface area contributed by atoms with Gasteiger partial charge in [0.15, 0.2) is 0 Å². The van der Waals surface area contributed by atoms with Crippen LogP contribution in [0.4, 0.5) is 5.95 Å². The molecular weight excluding hydrogens is 270 g/mol. The maximum Gasteiger partial charge on any atom is 0.237 e. The molecule has 0 amide bonds. The van der Waals surface area contributed by atoms with E-state index in [4.69, 9.17) is 0 Å². The number of anilines is 1. The molecular formula is C14H15N5S. The van der Waals surface area contributed by atoms with Crippen LogP contribution in [0.25, 0.3) is 16.3 Å². The molecule has 0 aliphatic carbocycles. The van der Waals surface area contributed by atoms with E-state index in [0.29, 0.717) is 0 Å². The van der Waals surface area contributed by atoms with Crippen molar-refractivity contribution in [2.45, 2.75) is 6.92 Å². The van der Waals surface area contributed by atoms with Crippen molar-refractivity contribution < 1.29 is 0 Å². The van der Waals surface area contributed by atoms with Crippen LogP contribution < -0.4 is 4.90 Å². The molecule has 0 N–H and O–H groups in total. The molecule has 0 aliphatic heterocycles. The molecule has 0 radical (unpaired) electrons. The third-order valence-corrected chi connectivity index (χ3v) is 3.69. The minimum atomic E-state index is 0.733. The number of nitrogens with zero attached hydrogens (tertiary/aromatic N) is 5. The highest BCUT2D eigenvalue weighted by molar-refractivity contribution is 7.09. The van der Waals surface area contributed by atoms with Crippen molar-refractivity contribution >= 4 is 17.5 Å². The summed E-state index contributed by atoms with van der Waals surface area (Å²) in [5.41, 5.74) is 3.26. The Labute approximate surface area is 121 Å². The van der Waals surface area contributed by atoms with E-state index >= 15 is 0 Å². The number of aromatic nitrogens is 4. The maximum atomic E-state index is 4.57. The van der Waals surface area contributed by atoms with E-state index in [1.165, 1.54) is 17.1 Å². The molecule has 20 heavy (non-hydrogen) atoms. The van der Waals surface area contributed by atoms with Gasteiger partial charge in [0.1, 0.15) is 5.01 Å². The molecule has 0 atom stereocenters. The van der Waals surface area contributed by atoms with Crippen LogP contribution in [0.1, 0.15) is 5.56 Å². The summed E-state index contributed by atoms with van der Waals surface area (Å²) in [6.45, 7) is 2.07. The highest BCUT2D eigenvalue weighted by Gasteiger charge is 2.13. The number of hydrogen-bond donors (Lipinski definition) is 0. The Balaban J connectivity index is 2.13. The van der Waals surface area contributed by atoms with Gasteiger partial charge in [-0.2, -0.15) is 14.5 Å². The first kappa shape index (κ1) is 12.8. The molecule has 0 unspecified atom stereocenters. The van der Waals surface area contributed by atoms with E-state index in [9.17, 15) is 0 Å². The Bertz CT molecular complexity index is 715. The predicted octanol–water partition coefficient (Wildman–Crippen LogP) is 2.77. The molecule has 3 rings (SSSR count). The Morgan fingerprint density at radius 2 is 2.10 bits per heavy atom. The van der Waals surface area contributed by atoms with Gasteiger partial charge in [-0.25, -0.2) is 4.68 Å². The fourth-order valence-corrected chi connectivity index (χ4v) is 2.70. The minimum Gasteiger partial charge on any atom is -0.346 e. The number of hydrogen-bond acceptors (Lipinski definition) is 5. The van der Waals surface area contributed by atoms with E-state index in [0.717, 1.165) is 22.2 Å². The van der Waals surface area contributed by atoms with Gasteiger partial charge < -0.3 is 4.90 Å². The molecule has 0 bridgehead atoms. The van der Waals surface area contributed by atoms with Crippen molar-refractivity contribution in [1.29, 1.82) is 0 Å². The van der Waals surface area contributed by atoms with Crippen LogP contribution in [0.15, 0.2) is 36.7 Å². The monoisotopic (exact) mass is 285 g/mol. The molecule has 0 fully saturated rings. The fourth-order valence-electron chi connectivity index (χ4n) is 1.93. The fraction of sp³-hybridized carbons (Fsp3) is 0.214. The zero-order valence-corrected chi connectivity index (χ0v) is 12.4. The number of benzene rings is 1. The lowest BCUT2D eigenvalue weighted by atomic mass is 10.1. The zero-order chi connectivity index (χ0) is 14.1. The van der Waals surface area contributed by atoms with Crippen molar-refractivity contribution in [2.75, 3.05) is 19.0 Å². The Hall–Kier alpha value is -2.21. The van der Waals surface area contributed by atoms with Gasteiger partial charge in [-0.05, 0) is 42.2 Å². The average Bonchev–Trinajstić information content (AvgIpc) is 3.10. The Kier molecular flexibility index (Phi) is 3.23. The number of aryl methyl sites for hydroxylation is 1. The lowest BCUT2D eigenvalue weighted by Crippen LogP contribution is -2.10. The summed E-state index contributed by atoms with van der Waals surface area (Å²) in [5.74, 6) is 0.733. The van der Waals surface area contributed by atoms with E-state index in [-0.39, 0.29) is 0 Å². The lowest BCUT2D eigenvalue weighted by molar-refractivity contribution is 0.880. The van der Waals surface area contributed by atoms with Crippen molar-refractivity contribution in [3.05, 3.63) is 42.2 Å². The molecule has 0 spiro atoms. The second-order valence-electron chi connectivity index (χ2n) is 4.77. The maximum absolute atomic E-state index is 4.57. The minimum absolute atomic E-state index is 0.733. The third-order valence-electron chi connectivity index (χ3n) is 2.95. The van der Waals surface area contributed by atoms with Gasteiger partial charge in [0.25, 0.3) is 0 Å². The third kappa shape index (κ3) is 2.30. The molecule has 2 heterocycles. The standard InChI is InChI=1S/C14H15N5S/c1-10-5-6-11(12(9-10)19-8-4-7-15-19)13-16-14(17-20-13)18(2)3/h4-9H,1-3H3. The predicted molar refractivity (Wildman–Crippen MR) is 81.5 cm³/mol. The molecule has 2 aromatic heterocycles. The van der Waals surface area contributed by atoms with E-state index in [1.807, 2.05) is 35.9 Å². The summed E-state index contributed by atoms with van der Waals surface area (Å²) in [5, 5.41) is 5.22. The first-order valence-corrected chi connectivity index (χ1v) is 7.04. The van der Waals surface area contributed by atoms with Gasteiger partial charge in [0, 0.05) is 32.1 Å². The van der Waals surface area contributed by atoms with Crippen molar-refractivity contribution in [2.24, 2.45) is 0 Å². The molecule has 0 aliphatic rings. The van der Waals surface area contributed by atoms with Gasteiger partial charge >= 0.3 is 0 Å². The second kappa shape index (κ2) is 5.05. The first-order chi connectivity index (χ1) is 9.65. The van der Waals surface area contributed by atoms with Crippen LogP contribution >= 0.6 is 11.5 Å². The van der Waals surface area contributed by atoms with Crippen LogP contribution in [-0.4, -0.2) is 33.2 Å². The molecule has 1 aromatic carbocycles. The van der Waals surface area contributed by atoms with Crippen LogP contribution in [0.2, 0.25) is 0 Å². The summed E-state index contributed by atoms with van der Waals surface area (Å²) in [6, 6.07) is 8.18. The van der Waals surface area contributed by atoms with Crippen molar-refractivity contribution in [3.63, 3.8) is 0 Å². The van der Waals surface area contributed by atoms with Gasteiger partial charge in [0.2, 0.25) is 5.95 Å². The van der Waals surface area contributed by atoms with Crippen LogP contribution in [0.5, 0.6) is 0 Å². The van der Waals surface area contributed by atoms with Crippen LogP contribution in [0, 0.1) is 6.92 Å². The van der Waals surface area contributed by atoms with E-state index in [2.05, 4.69) is 39.6 Å². The molecule has 5 nitrogen and oxygen atoms in total. The van der Waals surface area contributed by atoms with Gasteiger partial charge in [-0.3, -0.25) is 0 Å². The topological polar surface area (TPSA) is 46.8 Å². The SMILES string of the molecule is Cc1ccc(-c2nc(N(C)C)ns2)c(-n2cccn2)c1. The second-order valence-corrected chi connectivity index (χ2v) is 5.52. The summed E-state index contributed by atoms with van der Waals surface area (Å²) < 4.78 is 6.22. The molecule has 6 heteroatoms. The molecule has 102 valence electrons. The highest BCUT2D eigenvalue weighted by Crippen LogP contribution is 2.30. The van der Waals surface area contributed by atoms with E-state index in [1.54, 1.807) is 6.20 Å². The summed E-state index contributed by atoms with van der Waals surface area (Å²) in [6.07, 6.45) is 3.71. The Morgan fingerprint density at radius 3 is 2.75 bits per heavy atom. The zero-order valence-electron chi connectivity index (χ0n) is 11.6. The summed E-state index contributed by atoms with van der Waals surface area (Å²) >= 11 is 1.40. The smallest absolute Gasteiger partial charge is 0.237 e. The molecule has 0 saturated heterocycles. The average molecular weight is 285 g/mol. The van der Waals surface area contributed by atoms with Crippen LogP contribution in [0.3, 0.4) is 0 Å².